The van der Waals surface area contributed by atoms with E-state index >= 15 is 0 Å². The predicted molar refractivity (Wildman–Crippen MR) is 159 cm³/mol. The van der Waals surface area contributed by atoms with E-state index in [1.165, 1.54) is 16.7 Å². The number of ether oxygens (including phenoxy) is 2. The number of nitrogens with zero attached hydrogens (tertiary/aromatic N) is 3. The van der Waals surface area contributed by atoms with Gasteiger partial charge in [-0.15, -0.1) is 0 Å². The van der Waals surface area contributed by atoms with Crippen LogP contribution < -0.4 is 4.74 Å². The maximum absolute atomic E-state index is 13.2. The van der Waals surface area contributed by atoms with Crippen molar-refractivity contribution in [3.05, 3.63) is 58.2 Å². The molecule has 40 heavy (non-hydrogen) atoms. The van der Waals surface area contributed by atoms with Crippen LogP contribution in [-0.4, -0.2) is 68.0 Å². The first kappa shape index (κ1) is 29.0. The fraction of sp³-hybridized carbons (Fsp3) is 0.484. The quantitative estimate of drug-likeness (QED) is 0.317. The van der Waals surface area contributed by atoms with Gasteiger partial charge in [0.25, 0.3) is 0 Å². The van der Waals surface area contributed by atoms with Gasteiger partial charge in [-0.1, -0.05) is 29.8 Å². The van der Waals surface area contributed by atoms with Gasteiger partial charge in [0.15, 0.2) is 15.7 Å². The third kappa shape index (κ3) is 5.51. The first-order valence-corrected chi connectivity index (χ1v) is 15.9. The Balaban J connectivity index is 1.56. The van der Waals surface area contributed by atoms with Crippen LogP contribution in [0.5, 0.6) is 5.75 Å². The molecular formula is C31H38ClN3O4S. The molecule has 0 spiro atoms. The molecule has 1 aromatic heterocycles. The summed E-state index contributed by atoms with van der Waals surface area (Å²) in [6, 6.07) is 9.03. The summed E-state index contributed by atoms with van der Waals surface area (Å²) in [5, 5.41) is -0.274. The van der Waals surface area contributed by atoms with E-state index in [0.717, 1.165) is 56.8 Å². The summed E-state index contributed by atoms with van der Waals surface area (Å²) in [5.41, 5.74) is 5.56. The fourth-order valence-electron chi connectivity index (χ4n) is 6.00. The van der Waals surface area contributed by atoms with Gasteiger partial charge in [-0.25, -0.2) is 18.4 Å². The highest BCUT2D eigenvalue weighted by Crippen LogP contribution is 2.46. The van der Waals surface area contributed by atoms with Crippen molar-refractivity contribution < 1.29 is 17.9 Å². The van der Waals surface area contributed by atoms with Crippen LogP contribution in [-0.2, 0) is 21.0 Å². The minimum atomic E-state index is -3.56. The highest BCUT2D eigenvalue weighted by molar-refractivity contribution is 7.92. The number of hydrogen-bond donors (Lipinski definition) is 0. The van der Waals surface area contributed by atoms with E-state index < -0.39 is 15.1 Å². The number of rotatable bonds is 8. The molecule has 3 heterocycles. The van der Waals surface area contributed by atoms with Gasteiger partial charge in [-0.3, -0.25) is 0 Å². The summed E-state index contributed by atoms with van der Waals surface area (Å²) in [4.78, 5) is 12.2. The average molecular weight is 584 g/mol. The minimum absolute atomic E-state index is 0.0553. The summed E-state index contributed by atoms with van der Waals surface area (Å²) in [6.07, 6.45) is 4.67. The van der Waals surface area contributed by atoms with Crippen LogP contribution in [0, 0.1) is 6.92 Å². The molecule has 2 aliphatic heterocycles. The molecule has 0 bridgehead atoms. The predicted octanol–water partition coefficient (Wildman–Crippen LogP) is 6.10. The Morgan fingerprint density at radius 2 is 1.90 bits per heavy atom. The van der Waals surface area contributed by atoms with Crippen molar-refractivity contribution in [2.24, 2.45) is 0 Å². The molecule has 3 aromatic rings. The van der Waals surface area contributed by atoms with E-state index in [4.69, 9.17) is 26.1 Å². The highest BCUT2D eigenvalue weighted by atomic mass is 35.5. The molecule has 0 N–H and O–H groups in total. The van der Waals surface area contributed by atoms with Crippen molar-refractivity contribution in [2.45, 2.75) is 69.1 Å². The number of sulfone groups is 1. The van der Waals surface area contributed by atoms with Gasteiger partial charge >= 0.3 is 0 Å². The Bertz CT molecular complexity index is 1500. The lowest BCUT2D eigenvalue weighted by molar-refractivity contribution is 0.130. The lowest BCUT2D eigenvalue weighted by Crippen LogP contribution is -2.35. The van der Waals surface area contributed by atoms with Gasteiger partial charge < -0.3 is 14.4 Å². The number of benzene rings is 2. The maximum Gasteiger partial charge on any atom is 0.181 e. The molecule has 0 aliphatic carbocycles. The molecule has 7 nitrogen and oxygen atoms in total. The summed E-state index contributed by atoms with van der Waals surface area (Å²) in [5.74, 6) is 1.79. The summed E-state index contributed by atoms with van der Waals surface area (Å²) in [7, 11) is -1.80. The van der Waals surface area contributed by atoms with Crippen molar-refractivity contribution in [2.75, 3.05) is 33.4 Å². The molecule has 0 saturated carbocycles. The van der Waals surface area contributed by atoms with Crippen molar-refractivity contribution in [1.29, 1.82) is 0 Å². The second-order valence-corrected chi connectivity index (χ2v) is 14.1. The molecule has 1 fully saturated rings. The van der Waals surface area contributed by atoms with Crippen LogP contribution >= 0.6 is 11.6 Å². The molecule has 1 atom stereocenters. The average Bonchev–Trinajstić information content (AvgIpc) is 3.33. The molecule has 2 aromatic carbocycles. The zero-order valence-electron chi connectivity index (χ0n) is 23.9. The summed E-state index contributed by atoms with van der Waals surface area (Å²) >= 11 is 6.60. The number of aromatic nitrogens is 2. The summed E-state index contributed by atoms with van der Waals surface area (Å²) < 4.78 is 38.0. The van der Waals surface area contributed by atoms with Crippen LogP contribution in [0.4, 0.5) is 0 Å². The number of halogens is 1. The first-order chi connectivity index (χ1) is 19.1. The number of fused-ring (bicyclic) bond motifs is 1. The van der Waals surface area contributed by atoms with E-state index in [1.54, 1.807) is 51.4 Å². The van der Waals surface area contributed by atoms with E-state index in [9.17, 15) is 8.42 Å². The number of likely N-dealkylation sites (tertiary alicyclic amines) is 1. The zero-order chi connectivity index (χ0) is 28.6. The molecule has 0 amide bonds. The number of piperidine rings is 1. The summed E-state index contributed by atoms with van der Waals surface area (Å²) in [6.45, 7) is 11.5. The molecule has 1 unspecified atom stereocenters. The number of aryl methyl sites for hydroxylation is 1. The van der Waals surface area contributed by atoms with E-state index in [0.29, 0.717) is 28.0 Å². The molecular weight excluding hydrogens is 546 g/mol. The highest BCUT2D eigenvalue weighted by Gasteiger charge is 2.33. The Morgan fingerprint density at radius 3 is 2.60 bits per heavy atom. The van der Waals surface area contributed by atoms with Gasteiger partial charge in [0.05, 0.1) is 39.2 Å². The standard InChI is InChI=1S/C31H38ClN3O4S/c1-19(2)40(36,37)27-9-7-6-8-23(27)29-26(32)18-33-31(34-29)25-16-20(3)28(24-17-21(4)39-30(24)25)22-10-12-35(13-11-22)14-15-38-5/h6-9,16,18-19,21-22H,10-15,17H2,1-5H3. The first-order valence-electron chi connectivity index (χ1n) is 14.0. The normalized spacial score (nSPS) is 18.2. The monoisotopic (exact) mass is 583 g/mol. The van der Waals surface area contributed by atoms with Gasteiger partial charge in [-0.05, 0) is 82.8 Å². The Kier molecular flexibility index (Phi) is 8.53. The van der Waals surface area contributed by atoms with Crippen LogP contribution in [0.3, 0.4) is 0 Å². The third-order valence-electron chi connectivity index (χ3n) is 8.10. The Hall–Kier alpha value is -2.52. The van der Waals surface area contributed by atoms with Crippen LogP contribution in [0.2, 0.25) is 5.02 Å². The molecule has 214 valence electrons. The van der Waals surface area contributed by atoms with E-state index in [1.807, 2.05) is 0 Å². The second kappa shape index (κ2) is 11.8. The number of methoxy groups -OCH3 is 1. The molecule has 0 radical (unpaired) electrons. The second-order valence-electron chi connectivity index (χ2n) is 11.2. The Labute approximate surface area is 242 Å². The molecule has 1 saturated heterocycles. The van der Waals surface area contributed by atoms with Crippen molar-refractivity contribution in [3.8, 4) is 28.4 Å². The maximum atomic E-state index is 13.2. The van der Waals surface area contributed by atoms with Crippen molar-refractivity contribution in [1.82, 2.24) is 14.9 Å². The molecule has 9 heteroatoms. The van der Waals surface area contributed by atoms with Gasteiger partial charge in [0.1, 0.15) is 11.9 Å². The van der Waals surface area contributed by atoms with Crippen LogP contribution in [0.15, 0.2) is 41.4 Å². The van der Waals surface area contributed by atoms with Crippen LogP contribution in [0.25, 0.3) is 22.6 Å². The van der Waals surface area contributed by atoms with E-state index in [2.05, 4.69) is 29.8 Å². The zero-order valence-corrected chi connectivity index (χ0v) is 25.5. The van der Waals surface area contributed by atoms with Crippen LogP contribution in [0.1, 0.15) is 56.2 Å². The largest absolute Gasteiger partial charge is 0.489 e. The lowest BCUT2D eigenvalue weighted by Gasteiger charge is -2.33. The fourth-order valence-corrected chi connectivity index (χ4v) is 7.44. The smallest absolute Gasteiger partial charge is 0.181 e. The van der Waals surface area contributed by atoms with Gasteiger partial charge in [0, 0.05) is 31.2 Å². The third-order valence-corrected chi connectivity index (χ3v) is 10.6. The van der Waals surface area contributed by atoms with Gasteiger partial charge in [-0.2, -0.15) is 0 Å². The topological polar surface area (TPSA) is 81.6 Å². The molecule has 2 aliphatic rings. The van der Waals surface area contributed by atoms with Crippen molar-refractivity contribution in [3.63, 3.8) is 0 Å². The SMILES string of the molecule is COCCN1CCC(c2c(C)cc(-c3ncc(Cl)c(-c4ccccc4S(=O)(=O)C(C)C)n3)c3c2CC(C)O3)CC1. The van der Waals surface area contributed by atoms with Crippen molar-refractivity contribution >= 4 is 21.4 Å². The number of hydrogen-bond acceptors (Lipinski definition) is 7. The van der Waals surface area contributed by atoms with Gasteiger partial charge in [0.2, 0.25) is 0 Å². The lowest BCUT2D eigenvalue weighted by atomic mass is 9.81. The molecule has 5 rings (SSSR count). The Morgan fingerprint density at radius 1 is 1.18 bits per heavy atom. The minimum Gasteiger partial charge on any atom is -0.489 e. The van der Waals surface area contributed by atoms with E-state index in [-0.39, 0.29) is 11.0 Å².